The first-order valence-corrected chi connectivity index (χ1v) is 6.66. The SMILES string of the molecule is COc1ccc(Br)cc1C(Cl)C1CC1(C)C. The molecule has 0 N–H and O–H groups in total. The van der Waals surface area contributed by atoms with Gasteiger partial charge in [-0.25, -0.2) is 0 Å². The summed E-state index contributed by atoms with van der Waals surface area (Å²) in [5.41, 5.74) is 1.47. The maximum absolute atomic E-state index is 6.54. The maximum atomic E-state index is 6.54. The molecular weight excluding hydrogens is 287 g/mol. The van der Waals surface area contributed by atoms with Crippen LogP contribution in [-0.2, 0) is 0 Å². The Hall–Kier alpha value is -0.210. The highest BCUT2D eigenvalue weighted by atomic mass is 79.9. The first-order chi connectivity index (χ1) is 7.45. The van der Waals surface area contributed by atoms with Gasteiger partial charge >= 0.3 is 0 Å². The fourth-order valence-electron chi connectivity index (χ4n) is 2.14. The minimum atomic E-state index is 0.0439. The van der Waals surface area contributed by atoms with Crippen molar-refractivity contribution in [2.45, 2.75) is 25.6 Å². The Labute approximate surface area is 110 Å². The second-order valence-electron chi connectivity index (χ2n) is 5.09. The van der Waals surface area contributed by atoms with Crippen LogP contribution in [0, 0.1) is 11.3 Å². The largest absolute Gasteiger partial charge is 0.496 e. The van der Waals surface area contributed by atoms with Crippen molar-refractivity contribution in [3.8, 4) is 5.75 Å². The van der Waals surface area contributed by atoms with Crippen molar-refractivity contribution in [2.75, 3.05) is 7.11 Å². The summed E-state index contributed by atoms with van der Waals surface area (Å²) in [6, 6.07) is 6.00. The maximum Gasteiger partial charge on any atom is 0.123 e. The molecule has 1 aromatic carbocycles. The van der Waals surface area contributed by atoms with E-state index in [1.165, 1.54) is 6.42 Å². The van der Waals surface area contributed by atoms with Gasteiger partial charge in [0.2, 0.25) is 0 Å². The van der Waals surface area contributed by atoms with Gasteiger partial charge in [0.05, 0.1) is 12.5 Å². The van der Waals surface area contributed by atoms with Crippen LogP contribution in [0.5, 0.6) is 5.75 Å². The number of rotatable bonds is 3. The second kappa shape index (κ2) is 4.23. The highest BCUT2D eigenvalue weighted by Crippen LogP contribution is 2.60. The Balaban J connectivity index is 2.29. The van der Waals surface area contributed by atoms with Crippen LogP contribution in [-0.4, -0.2) is 7.11 Å². The van der Waals surface area contributed by atoms with Crippen LogP contribution in [0.1, 0.15) is 31.2 Å². The van der Waals surface area contributed by atoms with Gasteiger partial charge in [-0.3, -0.25) is 0 Å². The smallest absolute Gasteiger partial charge is 0.123 e. The molecule has 1 aromatic rings. The predicted molar refractivity (Wildman–Crippen MR) is 71.2 cm³/mol. The Morgan fingerprint density at radius 1 is 1.50 bits per heavy atom. The van der Waals surface area contributed by atoms with Crippen LogP contribution < -0.4 is 4.74 Å². The van der Waals surface area contributed by atoms with Gasteiger partial charge in [0.1, 0.15) is 5.75 Å². The molecule has 1 fully saturated rings. The van der Waals surface area contributed by atoms with E-state index in [0.29, 0.717) is 11.3 Å². The van der Waals surface area contributed by atoms with E-state index in [4.69, 9.17) is 16.3 Å². The normalized spacial score (nSPS) is 23.9. The summed E-state index contributed by atoms with van der Waals surface area (Å²) in [4.78, 5) is 0. The fourth-order valence-corrected chi connectivity index (χ4v) is 3.12. The van der Waals surface area contributed by atoms with E-state index in [1.807, 2.05) is 12.1 Å². The van der Waals surface area contributed by atoms with E-state index < -0.39 is 0 Å². The number of ether oxygens (including phenoxy) is 1. The molecule has 2 rings (SSSR count). The van der Waals surface area contributed by atoms with Crippen LogP contribution in [0.3, 0.4) is 0 Å². The zero-order chi connectivity index (χ0) is 11.9. The molecule has 0 radical (unpaired) electrons. The van der Waals surface area contributed by atoms with Gasteiger partial charge in [0.15, 0.2) is 0 Å². The molecule has 0 saturated heterocycles. The summed E-state index contributed by atoms with van der Waals surface area (Å²) in [5, 5.41) is 0.0439. The van der Waals surface area contributed by atoms with Gasteiger partial charge in [-0.2, -0.15) is 0 Å². The minimum absolute atomic E-state index is 0.0439. The zero-order valence-electron chi connectivity index (χ0n) is 9.76. The lowest BCUT2D eigenvalue weighted by Crippen LogP contribution is -2.01. The van der Waals surface area contributed by atoms with Crippen molar-refractivity contribution in [3.63, 3.8) is 0 Å². The molecule has 1 aliphatic rings. The van der Waals surface area contributed by atoms with Crippen LogP contribution >= 0.6 is 27.5 Å². The monoisotopic (exact) mass is 302 g/mol. The van der Waals surface area contributed by atoms with Crippen LogP contribution in [0.4, 0.5) is 0 Å². The van der Waals surface area contributed by atoms with Crippen LogP contribution in [0.2, 0.25) is 0 Å². The van der Waals surface area contributed by atoms with E-state index in [9.17, 15) is 0 Å². The third-order valence-corrected chi connectivity index (χ3v) is 4.46. The van der Waals surface area contributed by atoms with Gasteiger partial charge in [-0.15, -0.1) is 11.6 Å². The number of hydrogen-bond donors (Lipinski definition) is 0. The Morgan fingerprint density at radius 3 is 2.62 bits per heavy atom. The molecular formula is C13H16BrClO. The number of alkyl halides is 1. The van der Waals surface area contributed by atoms with Crippen molar-refractivity contribution < 1.29 is 4.74 Å². The first kappa shape index (κ1) is 12.3. The van der Waals surface area contributed by atoms with Gasteiger partial charge in [0, 0.05) is 10.0 Å². The van der Waals surface area contributed by atoms with Crippen molar-refractivity contribution in [1.29, 1.82) is 0 Å². The van der Waals surface area contributed by atoms with Crippen LogP contribution in [0.15, 0.2) is 22.7 Å². The Morgan fingerprint density at radius 2 is 2.12 bits per heavy atom. The van der Waals surface area contributed by atoms with Gasteiger partial charge in [0.25, 0.3) is 0 Å². The van der Waals surface area contributed by atoms with Crippen molar-refractivity contribution in [3.05, 3.63) is 28.2 Å². The summed E-state index contributed by atoms with van der Waals surface area (Å²) < 4.78 is 6.41. The molecule has 0 amide bonds. The molecule has 1 nitrogen and oxygen atoms in total. The molecule has 88 valence electrons. The molecule has 0 heterocycles. The lowest BCUT2D eigenvalue weighted by molar-refractivity contribution is 0.406. The first-order valence-electron chi connectivity index (χ1n) is 5.43. The minimum Gasteiger partial charge on any atom is -0.496 e. The molecule has 1 aliphatic carbocycles. The molecule has 0 bridgehead atoms. The number of hydrogen-bond acceptors (Lipinski definition) is 1. The lowest BCUT2D eigenvalue weighted by Gasteiger charge is -2.15. The summed E-state index contributed by atoms with van der Waals surface area (Å²) in [7, 11) is 1.69. The Kier molecular flexibility index (Phi) is 3.24. The van der Waals surface area contributed by atoms with E-state index in [1.54, 1.807) is 7.11 Å². The molecule has 0 spiro atoms. The summed E-state index contributed by atoms with van der Waals surface area (Å²) in [6.07, 6.45) is 1.19. The molecule has 0 aromatic heterocycles. The number of benzene rings is 1. The molecule has 16 heavy (non-hydrogen) atoms. The average molecular weight is 304 g/mol. The summed E-state index contributed by atoms with van der Waals surface area (Å²) in [6.45, 7) is 4.52. The molecule has 2 atom stereocenters. The molecule has 3 heteroatoms. The fraction of sp³-hybridized carbons (Fsp3) is 0.538. The van der Waals surface area contributed by atoms with Crippen molar-refractivity contribution in [2.24, 2.45) is 11.3 Å². The van der Waals surface area contributed by atoms with E-state index >= 15 is 0 Å². The van der Waals surface area contributed by atoms with Crippen molar-refractivity contribution in [1.82, 2.24) is 0 Å². The standard InChI is InChI=1S/C13H16BrClO/c1-13(2)7-10(13)12(15)9-6-8(14)4-5-11(9)16-3/h4-6,10,12H,7H2,1-3H3. The van der Waals surface area contributed by atoms with E-state index in [0.717, 1.165) is 15.8 Å². The molecule has 0 aliphatic heterocycles. The zero-order valence-corrected chi connectivity index (χ0v) is 12.1. The third-order valence-electron chi connectivity index (χ3n) is 3.43. The highest BCUT2D eigenvalue weighted by molar-refractivity contribution is 9.10. The quantitative estimate of drug-likeness (QED) is 0.730. The van der Waals surface area contributed by atoms with E-state index in [2.05, 4.69) is 35.8 Å². The van der Waals surface area contributed by atoms with Gasteiger partial charge in [-0.1, -0.05) is 29.8 Å². The Bertz CT molecular complexity index is 403. The predicted octanol–water partition coefficient (Wildman–Crippen LogP) is 4.78. The van der Waals surface area contributed by atoms with Crippen LogP contribution in [0.25, 0.3) is 0 Å². The highest BCUT2D eigenvalue weighted by Gasteiger charge is 2.50. The lowest BCUT2D eigenvalue weighted by atomic mass is 10.0. The van der Waals surface area contributed by atoms with E-state index in [-0.39, 0.29) is 5.38 Å². The number of halogens is 2. The van der Waals surface area contributed by atoms with Crippen molar-refractivity contribution >= 4 is 27.5 Å². The number of methoxy groups -OCH3 is 1. The molecule has 1 saturated carbocycles. The summed E-state index contributed by atoms with van der Waals surface area (Å²) in [5.74, 6) is 1.43. The topological polar surface area (TPSA) is 9.23 Å². The summed E-state index contributed by atoms with van der Waals surface area (Å²) >= 11 is 10.0. The molecule has 2 unspecified atom stereocenters. The van der Waals surface area contributed by atoms with Gasteiger partial charge in [-0.05, 0) is 36.0 Å². The third kappa shape index (κ3) is 2.23. The van der Waals surface area contributed by atoms with Gasteiger partial charge < -0.3 is 4.74 Å². The average Bonchev–Trinajstić information content (AvgIpc) is 2.86. The second-order valence-corrected chi connectivity index (χ2v) is 6.47.